The van der Waals surface area contributed by atoms with E-state index in [1.807, 2.05) is 6.92 Å². The largest absolute Gasteiger partial charge is 0.388 e. The number of hydrogen-bond donors (Lipinski definition) is 0. The van der Waals surface area contributed by atoms with Gasteiger partial charge in [0.05, 0.1) is 0 Å². The van der Waals surface area contributed by atoms with E-state index < -0.39 is 0 Å². The monoisotopic (exact) mass is 143 g/mol. The maximum atomic E-state index is 10.7. The third-order valence-corrected chi connectivity index (χ3v) is 1.13. The molecule has 3 heteroatoms. The van der Waals surface area contributed by atoms with Crippen molar-refractivity contribution in [1.82, 2.24) is 0 Å². The van der Waals surface area contributed by atoms with Gasteiger partial charge in [-0.3, -0.25) is 4.79 Å². The minimum absolute atomic E-state index is 0.0729. The van der Waals surface area contributed by atoms with Crippen molar-refractivity contribution in [1.29, 1.82) is 0 Å². The highest BCUT2D eigenvalue weighted by molar-refractivity contribution is 5.79. The first-order chi connectivity index (χ1) is 4.81. The van der Waals surface area contributed by atoms with E-state index in [1.54, 1.807) is 0 Å². The third-order valence-electron chi connectivity index (χ3n) is 1.13. The summed E-state index contributed by atoms with van der Waals surface area (Å²) in [5.74, 6) is 0.0919. The number of unbranched alkanes of at least 4 members (excludes halogenated alkanes) is 1. The fraction of sp³-hybridized carbons (Fsp3) is 0.714. The molecule has 0 fully saturated rings. The van der Waals surface area contributed by atoms with Crippen LogP contribution in [0.2, 0.25) is 0 Å². The molecule has 0 saturated heterocycles. The zero-order valence-electron chi connectivity index (χ0n) is 6.30. The molecule has 0 amide bonds. The molecule has 0 atom stereocenters. The van der Waals surface area contributed by atoms with Crippen molar-refractivity contribution in [3.8, 4) is 0 Å². The van der Waals surface area contributed by atoms with Gasteiger partial charge in [-0.2, -0.15) is 0 Å². The average molecular weight is 143 g/mol. The minimum Gasteiger partial charge on any atom is -0.388 e. The molecule has 0 aromatic rings. The van der Waals surface area contributed by atoms with Crippen molar-refractivity contribution in [2.24, 2.45) is 5.16 Å². The van der Waals surface area contributed by atoms with Crippen LogP contribution in [0.3, 0.4) is 0 Å². The Bertz CT molecular complexity index is 112. The molecule has 0 saturated carbocycles. The lowest BCUT2D eigenvalue weighted by Gasteiger charge is -1.96. The lowest BCUT2D eigenvalue weighted by atomic mass is 10.2. The Balaban J connectivity index is 3.16. The molecular formula is C7H13NO2. The fourth-order valence-electron chi connectivity index (χ4n) is 0.564. The number of nitrogens with zero attached hydrogens (tertiary/aromatic N) is 1. The van der Waals surface area contributed by atoms with Crippen molar-refractivity contribution >= 4 is 12.5 Å². The van der Waals surface area contributed by atoms with Gasteiger partial charge in [-0.25, -0.2) is 0 Å². The van der Waals surface area contributed by atoms with Crippen LogP contribution in [0, 0.1) is 0 Å². The number of Topliss-reactive ketones (excluding diaryl/α,β-unsaturated/α-hetero) is 1. The van der Waals surface area contributed by atoms with E-state index in [4.69, 9.17) is 0 Å². The highest BCUT2D eigenvalue weighted by Crippen LogP contribution is 1.95. The van der Waals surface area contributed by atoms with Crippen LogP contribution >= 0.6 is 0 Å². The van der Waals surface area contributed by atoms with Gasteiger partial charge < -0.3 is 4.84 Å². The quantitative estimate of drug-likeness (QED) is 0.416. The molecule has 0 aromatic heterocycles. The number of carbonyl (C=O) groups excluding carboxylic acids is 1. The number of hydrogen-bond acceptors (Lipinski definition) is 3. The lowest BCUT2D eigenvalue weighted by molar-refractivity contribution is -0.123. The first-order valence-electron chi connectivity index (χ1n) is 3.41. The molecule has 3 nitrogen and oxygen atoms in total. The number of oxime groups is 1. The highest BCUT2D eigenvalue weighted by atomic mass is 16.6. The summed E-state index contributed by atoms with van der Waals surface area (Å²) < 4.78 is 0. The van der Waals surface area contributed by atoms with Crippen molar-refractivity contribution in [3.63, 3.8) is 0 Å². The smallest absolute Gasteiger partial charge is 0.175 e. The first-order valence-corrected chi connectivity index (χ1v) is 3.41. The van der Waals surface area contributed by atoms with Crippen LogP contribution in [0.15, 0.2) is 5.16 Å². The summed E-state index contributed by atoms with van der Waals surface area (Å²) in [6.07, 6.45) is 2.55. The Hall–Kier alpha value is -0.860. The summed E-state index contributed by atoms with van der Waals surface area (Å²) in [5.41, 5.74) is 0. The molecule has 10 heavy (non-hydrogen) atoms. The highest BCUT2D eigenvalue weighted by Gasteiger charge is 1.99. The van der Waals surface area contributed by atoms with Crippen LogP contribution in [-0.2, 0) is 9.63 Å². The predicted octanol–water partition coefficient (Wildman–Crippen LogP) is 1.38. The summed E-state index contributed by atoms with van der Waals surface area (Å²) in [7, 11) is 0. The molecule has 0 aliphatic heterocycles. The van der Waals surface area contributed by atoms with E-state index >= 15 is 0 Å². The Morgan fingerprint density at radius 1 is 1.70 bits per heavy atom. The van der Waals surface area contributed by atoms with Gasteiger partial charge in [-0.1, -0.05) is 13.3 Å². The molecule has 0 aliphatic rings. The molecular weight excluding hydrogens is 130 g/mol. The van der Waals surface area contributed by atoms with E-state index in [0.29, 0.717) is 6.42 Å². The van der Waals surface area contributed by atoms with Crippen LogP contribution in [0.25, 0.3) is 0 Å². The normalized spacial score (nSPS) is 8.90. The van der Waals surface area contributed by atoms with Gasteiger partial charge >= 0.3 is 0 Å². The Labute approximate surface area is 61.1 Å². The second-order valence-corrected chi connectivity index (χ2v) is 2.04. The number of ketones is 1. The van der Waals surface area contributed by atoms with Crippen LogP contribution < -0.4 is 0 Å². The topological polar surface area (TPSA) is 38.7 Å². The average Bonchev–Trinajstić information content (AvgIpc) is 1.97. The van der Waals surface area contributed by atoms with Crippen molar-refractivity contribution in [2.45, 2.75) is 26.2 Å². The molecule has 0 unspecified atom stereocenters. The van der Waals surface area contributed by atoms with Gasteiger partial charge in [0.15, 0.2) is 12.4 Å². The van der Waals surface area contributed by atoms with Gasteiger partial charge in [0.2, 0.25) is 0 Å². The van der Waals surface area contributed by atoms with E-state index in [0.717, 1.165) is 12.8 Å². The zero-order chi connectivity index (χ0) is 7.82. The molecule has 58 valence electrons. The molecule has 0 aliphatic carbocycles. The van der Waals surface area contributed by atoms with Crippen LogP contribution in [0.1, 0.15) is 26.2 Å². The molecule has 0 aromatic carbocycles. The van der Waals surface area contributed by atoms with Crippen LogP contribution in [-0.4, -0.2) is 19.1 Å². The standard InChI is InChI=1S/C7H13NO2/c1-3-4-5-7(9)6-10-8-2/h2-6H2,1H3. The van der Waals surface area contributed by atoms with Gasteiger partial charge in [-0.05, 0) is 6.42 Å². The van der Waals surface area contributed by atoms with Gasteiger partial charge in [-0.15, -0.1) is 5.16 Å². The third kappa shape index (κ3) is 5.28. The summed E-state index contributed by atoms with van der Waals surface area (Å²) in [5, 5.41) is 3.11. The molecule has 0 rings (SSSR count). The fourth-order valence-corrected chi connectivity index (χ4v) is 0.564. The lowest BCUT2D eigenvalue weighted by Crippen LogP contribution is -2.04. The van der Waals surface area contributed by atoms with Gasteiger partial charge in [0.1, 0.15) is 0 Å². The van der Waals surface area contributed by atoms with Crippen LogP contribution in [0.4, 0.5) is 0 Å². The molecule has 0 bridgehead atoms. The van der Waals surface area contributed by atoms with E-state index in [1.165, 1.54) is 0 Å². The second kappa shape index (κ2) is 6.26. The Morgan fingerprint density at radius 2 is 2.40 bits per heavy atom. The summed E-state index contributed by atoms with van der Waals surface area (Å²) in [6.45, 7) is 5.20. The predicted molar refractivity (Wildman–Crippen MR) is 40.0 cm³/mol. The number of rotatable bonds is 6. The first kappa shape index (κ1) is 9.14. The summed E-state index contributed by atoms with van der Waals surface area (Å²) in [4.78, 5) is 15.2. The zero-order valence-corrected chi connectivity index (χ0v) is 6.30. The maximum absolute atomic E-state index is 10.7. The summed E-state index contributed by atoms with van der Waals surface area (Å²) >= 11 is 0. The SMILES string of the molecule is C=NOCC(=O)CCCC. The van der Waals surface area contributed by atoms with E-state index in [-0.39, 0.29) is 12.4 Å². The van der Waals surface area contributed by atoms with E-state index in [9.17, 15) is 4.79 Å². The minimum atomic E-state index is 0.0729. The van der Waals surface area contributed by atoms with Gasteiger partial charge in [0.25, 0.3) is 0 Å². The Kier molecular flexibility index (Phi) is 5.72. The van der Waals surface area contributed by atoms with Crippen LogP contribution in [0.5, 0.6) is 0 Å². The maximum Gasteiger partial charge on any atom is 0.175 e. The molecule has 0 N–H and O–H groups in total. The van der Waals surface area contributed by atoms with Crippen molar-refractivity contribution < 1.29 is 9.63 Å². The van der Waals surface area contributed by atoms with Crippen molar-refractivity contribution in [2.75, 3.05) is 6.61 Å². The molecule has 0 radical (unpaired) electrons. The summed E-state index contributed by atoms with van der Waals surface area (Å²) in [6, 6.07) is 0. The number of carbonyl (C=O) groups is 1. The molecule has 0 heterocycles. The van der Waals surface area contributed by atoms with Gasteiger partial charge in [0, 0.05) is 13.1 Å². The second-order valence-electron chi connectivity index (χ2n) is 2.04. The van der Waals surface area contributed by atoms with E-state index in [2.05, 4.69) is 16.7 Å². The van der Waals surface area contributed by atoms with Crippen molar-refractivity contribution in [3.05, 3.63) is 0 Å². The molecule has 0 spiro atoms. The Morgan fingerprint density at radius 3 is 2.90 bits per heavy atom.